The third-order valence-corrected chi connectivity index (χ3v) is 12.3. The summed E-state index contributed by atoms with van der Waals surface area (Å²) in [4.78, 5) is 15.1. The highest BCUT2D eigenvalue weighted by Crippen LogP contribution is 2.47. The molecule has 0 bridgehead atoms. The van der Waals surface area contributed by atoms with Gasteiger partial charge in [-0.05, 0) is 36.4 Å². The number of aromatic nitrogens is 4. The van der Waals surface area contributed by atoms with Crippen molar-refractivity contribution >= 4 is 84.8 Å². The Kier molecular flexibility index (Phi) is 6.26. The number of thiophene rings is 2. The van der Waals surface area contributed by atoms with Crippen molar-refractivity contribution in [1.29, 1.82) is 0 Å². The molecule has 0 N–H and O–H groups in total. The molecular formula is C45H26N4S2. The minimum atomic E-state index is 0.670. The van der Waals surface area contributed by atoms with Crippen LogP contribution >= 0.6 is 22.7 Å². The molecule has 0 radical (unpaired) electrons. The molecule has 0 spiro atoms. The molecule has 0 atom stereocenters. The second-order valence-corrected chi connectivity index (χ2v) is 14.9. The van der Waals surface area contributed by atoms with Crippen molar-refractivity contribution in [3.05, 3.63) is 158 Å². The van der Waals surface area contributed by atoms with Crippen molar-refractivity contribution in [2.75, 3.05) is 0 Å². The van der Waals surface area contributed by atoms with Crippen LogP contribution in [0.5, 0.6) is 0 Å². The molecule has 238 valence electrons. The van der Waals surface area contributed by atoms with E-state index in [1.165, 1.54) is 67.8 Å². The van der Waals surface area contributed by atoms with E-state index in [9.17, 15) is 0 Å². The molecule has 11 rings (SSSR count). The molecule has 0 unspecified atom stereocenters. The Labute approximate surface area is 300 Å². The maximum Gasteiger partial charge on any atom is 0.165 e. The van der Waals surface area contributed by atoms with E-state index < -0.39 is 0 Å². The van der Waals surface area contributed by atoms with Crippen LogP contribution < -0.4 is 0 Å². The highest BCUT2D eigenvalue weighted by Gasteiger charge is 2.20. The molecule has 0 saturated carbocycles. The molecule has 4 aromatic heterocycles. The summed E-state index contributed by atoms with van der Waals surface area (Å²) in [5.41, 5.74) is 6.58. The quantitative estimate of drug-likeness (QED) is 0.185. The molecule has 0 aliphatic heterocycles. The Balaban J connectivity index is 1.12. The predicted molar refractivity (Wildman–Crippen MR) is 216 cm³/mol. The molecule has 4 nitrogen and oxygen atoms in total. The summed E-state index contributed by atoms with van der Waals surface area (Å²) in [6, 6.07) is 55.8. The van der Waals surface area contributed by atoms with E-state index in [-0.39, 0.29) is 0 Å². The Morgan fingerprint density at radius 3 is 1.65 bits per heavy atom. The van der Waals surface area contributed by atoms with Gasteiger partial charge in [0, 0.05) is 73.5 Å². The van der Waals surface area contributed by atoms with Crippen LogP contribution in [0.25, 0.3) is 102 Å². The van der Waals surface area contributed by atoms with E-state index in [4.69, 9.17) is 15.0 Å². The Morgan fingerprint density at radius 1 is 0.392 bits per heavy atom. The fourth-order valence-corrected chi connectivity index (χ4v) is 10.1. The van der Waals surface area contributed by atoms with Gasteiger partial charge in [0.05, 0.1) is 11.0 Å². The highest BCUT2D eigenvalue weighted by atomic mass is 32.1. The summed E-state index contributed by atoms with van der Waals surface area (Å²) in [7, 11) is 0. The van der Waals surface area contributed by atoms with Crippen molar-refractivity contribution in [2.45, 2.75) is 0 Å². The largest absolute Gasteiger partial charge is 0.309 e. The monoisotopic (exact) mass is 686 g/mol. The van der Waals surface area contributed by atoms with Crippen LogP contribution in [-0.2, 0) is 0 Å². The van der Waals surface area contributed by atoms with Gasteiger partial charge in [-0.3, -0.25) is 0 Å². The van der Waals surface area contributed by atoms with Gasteiger partial charge in [0.15, 0.2) is 17.5 Å². The van der Waals surface area contributed by atoms with Gasteiger partial charge in [-0.25, -0.2) is 15.0 Å². The minimum Gasteiger partial charge on any atom is -0.309 e. The van der Waals surface area contributed by atoms with E-state index in [0.29, 0.717) is 17.5 Å². The number of fused-ring (bicyclic) bond motifs is 10. The van der Waals surface area contributed by atoms with E-state index >= 15 is 0 Å². The first kappa shape index (κ1) is 28.6. The minimum absolute atomic E-state index is 0.670. The average molecular weight is 687 g/mol. The van der Waals surface area contributed by atoms with Gasteiger partial charge in [0.25, 0.3) is 0 Å². The maximum absolute atomic E-state index is 5.08. The number of hydrogen-bond acceptors (Lipinski definition) is 5. The number of hydrogen-bond donors (Lipinski definition) is 0. The fourth-order valence-electron chi connectivity index (χ4n) is 7.55. The van der Waals surface area contributed by atoms with Gasteiger partial charge in [0.2, 0.25) is 0 Å². The van der Waals surface area contributed by atoms with Crippen LogP contribution in [0.2, 0.25) is 0 Å². The smallest absolute Gasteiger partial charge is 0.165 e. The van der Waals surface area contributed by atoms with E-state index in [2.05, 4.69) is 126 Å². The zero-order valence-electron chi connectivity index (χ0n) is 27.1. The van der Waals surface area contributed by atoms with E-state index in [0.717, 1.165) is 16.7 Å². The van der Waals surface area contributed by atoms with Gasteiger partial charge >= 0.3 is 0 Å². The molecule has 6 heteroatoms. The average Bonchev–Trinajstić information content (AvgIpc) is 3.87. The first-order valence-electron chi connectivity index (χ1n) is 16.9. The van der Waals surface area contributed by atoms with Gasteiger partial charge < -0.3 is 4.57 Å². The van der Waals surface area contributed by atoms with Gasteiger partial charge in [-0.1, -0.05) is 121 Å². The van der Waals surface area contributed by atoms with Crippen molar-refractivity contribution < 1.29 is 0 Å². The van der Waals surface area contributed by atoms with Gasteiger partial charge in [0.1, 0.15) is 0 Å². The first-order valence-corrected chi connectivity index (χ1v) is 18.6. The second kappa shape index (κ2) is 11.2. The summed E-state index contributed by atoms with van der Waals surface area (Å²) < 4.78 is 7.45. The molecule has 0 aliphatic rings. The molecule has 7 aromatic carbocycles. The fraction of sp³-hybridized carbons (Fsp3) is 0. The normalized spacial score (nSPS) is 11.9. The second-order valence-electron chi connectivity index (χ2n) is 12.8. The lowest BCUT2D eigenvalue weighted by Crippen LogP contribution is -2.00. The van der Waals surface area contributed by atoms with Crippen LogP contribution in [0.15, 0.2) is 158 Å². The lowest BCUT2D eigenvalue weighted by atomic mass is 10.1. The molecule has 11 aromatic rings. The Morgan fingerprint density at radius 2 is 0.961 bits per heavy atom. The lowest BCUT2D eigenvalue weighted by molar-refractivity contribution is 1.08. The Hall–Kier alpha value is -6.21. The summed E-state index contributed by atoms with van der Waals surface area (Å²) in [6.45, 7) is 0. The molecule has 51 heavy (non-hydrogen) atoms. The molecule has 0 fully saturated rings. The summed E-state index contributed by atoms with van der Waals surface area (Å²) in [5, 5.41) is 7.66. The summed E-state index contributed by atoms with van der Waals surface area (Å²) in [6.07, 6.45) is 0. The van der Waals surface area contributed by atoms with Crippen molar-refractivity contribution in [2.24, 2.45) is 0 Å². The lowest BCUT2D eigenvalue weighted by Gasteiger charge is -2.09. The SMILES string of the molecule is c1ccc(-c2nc(-c3ccccc3)nc(-c3cccc4c3sc3ccc5c6ccc(-n7c8ccccc8c8ccccc87)cc6sc5c34)n2)cc1. The molecular weight excluding hydrogens is 661 g/mol. The third kappa shape index (κ3) is 4.40. The molecule has 0 aliphatic carbocycles. The van der Waals surface area contributed by atoms with Crippen LogP contribution in [-0.4, -0.2) is 19.5 Å². The van der Waals surface area contributed by atoms with Gasteiger partial charge in [-0.15, -0.1) is 22.7 Å². The first-order chi connectivity index (χ1) is 25.3. The van der Waals surface area contributed by atoms with Crippen LogP contribution in [0.3, 0.4) is 0 Å². The standard InChI is InChI=1S/C45H26N4S2/c1-3-12-27(13-4-1)43-46-44(28-14-5-2-6-15-28)48-45(47-43)35-19-11-18-34-40-38(50-41(34)35)25-24-33-32-23-22-29(26-39(32)51-42(33)40)49-36-20-9-7-16-30(36)31-17-8-10-21-37(31)49/h1-26H. The van der Waals surface area contributed by atoms with E-state index in [1.807, 2.05) is 59.1 Å². The summed E-state index contributed by atoms with van der Waals surface area (Å²) in [5.74, 6) is 2.02. The third-order valence-electron chi connectivity index (χ3n) is 9.86. The number of benzene rings is 7. The highest BCUT2D eigenvalue weighted by molar-refractivity contribution is 7.30. The van der Waals surface area contributed by atoms with Crippen LogP contribution in [0, 0.1) is 0 Å². The zero-order valence-corrected chi connectivity index (χ0v) is 28.7. The topological polar surface area (TPSA) is 43.6 Å². The Bertz CT molecular complexity index is 3030. The summed E-state index contributed by atoms with van der Waals surface area (Å²) >= 11 is 3.70. The number of nitrogens with zero attached hydrogens (tertiary/aromatic N) is 4. The molecule has 4 heterocycles. The predicted octanol–water partition coefficient (Wildman–Crippen LogP) is 12.7. The number of para-hydroxylation sites is 2. The van der Waals surface area contributed by atoms with Crippen molar-refractivity contribution in [3.8, 4) is 39.9 Å². The molecule has 0 amide bonds. The van der Waals surface area contributed by atoms with Crippen molar-refractivity contribution in [3.63, 3.8) is 0 Å². The van der Waals surface area contributed by atoms with E-state index in [1.54, 1.807) is 0 Å². The maximum atomic E-state index is 5.08. The molecule has 0 saturated heterocycles. The number of rotatable bonds is 4. The van der Waals surface area contributed by atoms with Crippen LogP contribution in [0.4, 0.5) is 0 Å². The zero-order chi connectivity index (χ0) is 33.5. The van der Waals surface area contributed by atoms with Crippen molar-refractivity contribution in [1.82, 2.24) is 19.5 Å². The van der Waals surface area contributed by atoms with Crippen LogP contribution in [0.1, 0.15) is 0 Å². The van der Waals surface area contributed by atoms with Gasteiger partial charge in [-0.2, -0.15) is 0 Å².